The summed E-state index contributed by atoms with van der Waals surface area (Å²) in [5.41, 5.74) is 2.42. The summed E-state index contributed by atoms with van der Waals surface area (Å²) in [5, 5.41) is 7.64. The molecule has 0 fully saturated rings. The van der Waals surface area contributed by atoms with Gasteiger partial charge in [-0.2, -0.15) is 5.10 Å². The highest BCUT2D eigenvalue weighted by atomic mass is 16.5. The zero-order chi connectivity index (χ0) is 21.7. The number of carbonyl (C=O) groups is 2. The van der Waals surface area contributed by atoms with E-state index in [1.165, 1.54) is 6.92 Å². The van der Waals surface area contributed by atoms with E-state index < -0.39 is 12.1 Å². The third kappa shape index (κ3) is 4.65. The van der Waals surface area contributed by atoms with Crippen molar-refractivity contribution in [2.24, 2.45) is 0 Å². The third-order valence-electron chi connectivity index (χ3n) is 4.60. The second-order valence-electron chi connectivity index (χ2n) is 7.17. The van der Waals surface area contributed by atoms with Gasteiger partial charge in [-0.05, 0) is 26.8 Å². The van der Waals surface area contributed by atoms with Gasteiger partial charge in [-0.25, -0.2) is 14.5 Å². The minimum Gasteiger partial charge on any atom is -0.449 e. The molecule has 1 N–H and O–H groups in total. The molecule has 0 saturated heterocycles. The van der Waals surface area contributed by atoms with Crippen LogP contribution in [0, 0.1) is 0 Å². The van der Waals surface area contributed by atoms with Crippen molar-refractivity contribution in [3.63, 3.8) is 0 Å². The van der Waals surface area contributed by atoms with Gasteiger partial charge in [-0.15, -0.1) is 0 Å². The van der Waals surface area contributed by atoms with E-state index in [0.717, 1.165) is 5.56 Å². The molecule has 2 aromatic heterocycles. The number of hydrogen-bond acceptors (Lipinski definition) is 6. The quantitative estimate of drug-likeness (QED) is 0.453. The second-order valence-corrected chi connectivity index (χ2v) is 7.17. The fraction of sp³-hybridized carbons (Fsp3) is 0.364. The number of pyridine rings is 1. The summed E-state index contributed by atoms with van der Waals surface area (Å²) >= 11 is 0. The van der Waals surface area contributed by atoms with Crippen LogP contribution in [0.15, 0.2) is 42.6 Å². The molecule has 1 aromatic carbocycles. The number of amides is 1. The molecule has 0 radical (unpaired) electrons. The van der Waals surface area contributed by atoms with Gasteiger partial charge in [0.25, 0.3) is 5.91 Å². The molecule has 3 aromatic rings. The number of esters is 1. The van der Waals surface area contributed by atoms with E-state index in [9.17, 15) is 9.59 Å². The van der Waals surface area contributed by atoms with E-state index >= 15 is 0 Å². The largest absolute Gasteiger partial charge is 0.449 e. The standard InChI is InChI=1S/C22H26N4O4/c1-14(2)26-20-18(13-24-26)17(12-19(25-20)16-8-6-5-7-9-16)22(28)30-15(3)21(27)23-10-11-29-4/h5-9,12-15H,10-11H2,1-4H3,(H,23,27)/t15-/m1/s1. The number of aromatic nitrogens is 3. The second kappa shape index (κ2) is 9.49. The predicted octanol–water partition coefficient (Wildman–Crippen LogP) is 2.99. The van der Waals surface area contributed by atoms with Crippen LogP contribution in [0.3, 0.4) is 0 Å². The number of rotatable bonds is 8. The molecule has 158 valence electrons. The molecule has 8 nitrogen and oxygen atoms in total. The summed E-state index contributed by atoms with van der Waals surface area (Å²) in [4.78, 5) is 29.9. The number of ether oxygens (including phenoxy) is 2. The Bertz CT molecular complexity index is 1030. The van der Waals surface area contributed by atoms with Crippen LogP contribution < -0.4 is 5.32 Å². The molecule has 0 spiro atoms. The van der Waals surface area contributed by atoms with Crippen molar-refractivity contribution in [3.8, 4) is 11.3 Å². The maximum absolute atomic E-state index is 13.0. The minimum absolute atomic E-state index is 0.0652. The first-order chi connectivity index (χ1) is 14.4. The molecule has 0 aliphatic rings. The Balaban J connectivity index is 1.95. The van der Waals surface area contributed by atoms with E-state index in [4.69, 9.17) is 14.5 Å². The Morgan fingerprint density at radius 3 is 2.57 bits per heavy atom. The van der Waals surface area contributed by atoms with Crippen molar-refractivity contribution in [3.05, 3.63) is 48.2 Å². The molecule has 2 heterocycles. The first-order valence-corrected chi connectivity index (χ1v) is 9.83. The SMILES string of the molecule is COCCNC(=O)[C@@H](C)OC(=O)c1cc(-c2ccccc2)nc2c1cnn2C(C)C. The van der Waals surface area contributed by atoms with Crippen LogP contribution in [0.1, 0.15) is 37.2 Å². The molecule has 1 amide bonds. The first kappa shape index (κ1) is 21.4. The van der Waals surface area contributed by atoms with Gasteiger partial charge >= 0.3 is 5.97 Å². The molecule has 30 heavy (non-hydrogen) atoms. The van der Waals surface area contributed by atoms with Crippen LogP contribution in [0.2, 0.25) is 0 Å². The summed E-state index contributed by atoms with van der Waals surface area (Å²) in [5.74, 6) is -0.982. The predicted molar refractivity (Wildman–Crippen MR) is 113 cm³/mol. The van der Waals surface area contributed by atoms with E-state index in [0.29, 0.717) is 35.4 Å². The molecule has 1 atom stereocenters. The summed E-state index contributed by atoms with van der Waals surface area (Å²) in [7, 11) is 1.55. The number of fused-ring (bicyclic) bond motifs is 1. The third-order valence-corrected chi connectivity index (χ3v) is 4.60. The van der Waals surface area contributed by atoms with E-state index in [-0.39, 0.29) is 11.9 Å². The zero-order valence-electron chi connectivity index (χ0n) is 17.6. The monoisotopic (exact) mass is 410 g/mol. The zero-order valence-corrected chi connectivity index (χ0v) is 17.6. The Morgan fingerprint density at radius 2 is 1.90 bits per heavy atom. The van der Waals surface area contributed by atoms with Crippen molar-refractivity contribution in [2.45, 2.75) is 32.9 Å². The highest BCUT2D eigenvalue weighted by Crippen LogP contribution is 2.27. The Morgan fingerprint density at radius 1 is 1.17 bits per heavy atom. The Kier molecular flexibility index (Phi) is 6.79. The van der Waals surface area contributed by atoms with Crippen LogP contribution in [0.5, 0.6) is 0 Å². The molecule has 3 rings (SSSR count). The molecule has 0 saturated carbocycles. The van der Waals surface area contributed by atoms with Crippen molar-refractivity contribution in [2.75, 3.05) is 20.3 Å². The van der Waals surface area contributed by atoms with Crippen molar-refractivity contribution in [1.82, 2.24) is 20.1 Å². The maximum Gasteiger partial charge on any atom is 0.339 e. The van der Waals surface area contributed by atoms with Crippen molar-refractivity contribution >= 4 is 22.9 Å². The van der Waals surface area contributed by atoms with Gasteiger partial charge in [0.2, 0.25) is 0 Å². The molecular formula is C22H26N4O4. The molecule has 0 aliphatic carbocycles. The van der Waals surface area contributed by atoms with Crippen LogP contribution >= 0.6 is 0 Å². The molecule has 8 heteroatoms. The summed E-state index contributed by atoms with van der Waals surface area (Å²) < 4.78 is 12.1. The van der Waals surface area contributed by atoms with E-state index in [1.807, 2.05) is 44.2 Å². The van der Waals surface area contributed by atoms with Gasteiger partial charge in [-0.3, -0.25) is 4.79 Å². The maximum atomic E-state index is 13.0. The van der Waals surface area contributed by atoms with E-state index in [1.54, 1.807) is 24.1 Å². The van der Waals surface area contributed by atoms with Crippen LogP contribution in [-0.4, -0.2) is 53.0 Å². The average Bonchev–Trinajstić information content (AvgIpc) is 3.18. The van der Waals surface area contributed by atoms with Gasteiger partial charge in [0.05, 0.1) is 29.4 Å². The number of nitrogens with zero attached hydrogens (tertiary/aromatic N) is 3. The minimum atomic E-state index is -0.946. The fourth-order valence-electron chi connectivity index (χ4n) is 3.02. The van der Waals surface area contributed by atoms with Crippen molar-refractivity contribution in [1.29, 1.82) is 0 Å². The number of methoxy groups -OCH3 is 1. The molecular weight excluding hydrogens is 384 g/mol. The highest BCUT2D eigenvalue weighted by molar-refractivity contribution is 6.04. The number of carbonyl (C=O) groups excluding carboxylic acids is 2. The molecule has 0 bridgehead atoms. The van der Waals surface area contributed by atoms with Crippen LogP contribution in [0.25, 0.3) is 22.3 Å². The van der Waals surface area contributed by atoms with E-state index in [2.05, 4.69) is 10.4 Å². The summed E-state index contributed by atoms with van der Waals surface area (Å²) in [6, 6.07) is 11.3. The van der Waals surface area contributed by atoms with Crippen LogP contribution in [-0.2, 0) is 14.3 Å². The fourth-order valence-corrected chi connectivity index (χ4v) is 3.02. The van der Waals surface area contributed by atoms with Gasteiger partial charge in [0.15, 0.2) is 11.8 Å². The molecule has 0 unspecified atom stereocenters. The number of hydrogen-bond donors (Lipinski definition) is 1. The smallest absolute Gasteiger partial charge is 0.339 e. The summed E-state index contributed by atoms with van der Waals surface area (Å²) in [6.45, 7) is 6.25. The average molecular weight is 410 g/mol. The Hall–Kier alpha value is -3.26. The van der Waals surface area contributed by atoms with Gasteiger partial charge < -0.3 is 14.8 Å². The lowest BCUT2D eigenvalue weighted by molar-refractivity contribution is -0.129. The number of benzene rings is 1. The van der Waals surface area contributed by atoms with Gasteiger partial charge in [-0.1, -0.05) is 30.3 Å². The number of nitrogens with one attached hydrogen (secondary N) is 1. The highest BCUT2D eigenvalue weighted by Gasteiger charge is 2.23. The first-order valence-electron chi connectivity index (χ1n) is 9.83. The lowest BCUT2D eigenvalue weighted by Crippen LogP contribution is -2.37. The molecule has 0 aliphatic heterocycles. The van der Waals surface area contributed by atoms with Crippen LogP contribution in [0.4, 0.5) is 0 Å². The lowest BCUT2D eigenvalue weighted by atomic mass is 10.1. The lowest BCUT2D eigenvalue weighted by Gasteiger charge is -2.14. The van der Waals surface area contributed by atoms with Crippen molar-refractivity contribution < 1.29 is 19.1 Å². The topological polar surface area (TPSA) is 95.3 Å². The van der Waals surface area contributed by atoms with Gasteiger partial charge in [0, 0.05) is 25.3 Å². The Labute approximate surface area is 175 Å². The normalized spacial score (nSPS) is 12.2. The van der Waals surface area contributed by atoms with Gasteiger partial charge in [0.1, 0.15) is 0 Å². The summed E-state index contributed by atoms with van der Waals surface area (Å²) in [6.07, 6.45) is 0.662.